The Balaban J connectivity index is -0.0000000525. The molecular formula is C18H43N2NaO2S2. The zero-order chi connectivity index (χ0) is 20.0. The fourth-order valence-corrected chi connectivity index (χ4v) is 1.51. The first-order valence-corrected chi connectivity index (χ1v) is 9.94. The standard InChI is InChI=1S/2C8H18.2CH3NOS.Na.H/c2*1-4-6-7-8(3)5-2;2*2-1(3)4;;/h2*8H,4-7H2,1-3H3;2*(H3,2,3,4);;/q;;;;+1;-1. The van der Waals surface area contributed by atoms with Gasteiger partial charge in [-0.25, -0.2) is 0 Å². The van der Waals surface area contributed by atoms with E-state index in [1.165, 1.54) is 51.4 Å². The topological polar surface area (TPSA) is 86.2 Å². The minimum Gasteiger partial charge on any atom is -1.00 e. The number of carbonyl (C=O) groups is 2. The molecule has 2 unspecified atom stereocenters. The van der Waals surface area contributed by atoms with Gasteiger partial charge in [0, 0.05) is 0 Å². The van der Waals surface area contributed by atoms with Gasteiger partial charge in [0.2, 0.25) is 0 Å². The second kappa shape index (κ2) is 32.3. The smallest absolute Gasteiger partial charge is 1.00 e. The van der Waals surface area contributed by atoms with Crippen LogP contribution >= 0.6 is 25.3 Å². The fourth-order valence-electron chi connectivity index (χ4n) is 1.51. The summed E-state index contributed by atoms with van der Waals surface area (Å²) >= 11 is 6.21. The number of amides is 2. The Bertz CT molecular complexity index is 244. The average Bonchev–Trinajstić information content (AvgIpc) is 2.49. The first-order chi connectivity index (χ1) is 11.1. The molecule has 0 aromatic rings. The van der Waals surface area contributed by atoms with Crippen molar-refractivity contribution in [2.45, 2.75) is 92.9 Å². The van der Waals surface area contributed by atoms with Crippen molar-refractivity contribution in [2.24, 2.45) is 23.3 Å². The molecule has 0 saturated carbocycles. The first-order valence-electron chi connectivity index (χ1n) is 9.05. The van der Waals surface area contributed by atoms with Crippen LogP contribution in [0, 0.1) is 11.8 Å². The SMILES string of the molecule is CCCCC(C)CC.CCCCC(C)CC.NC(=O)S.NC(=O)S.[H-].[Na+]. The largest absolute Gasteiger partial charge is 1.00 e. The molecule has 2 atom stereocenters. The molecule has 0 aromatic carbocycles. The van der Waals surface area contributed by atoms with E-state index in [0.29, 0.717) is 0 Å². The predicted molar refractivity (Wildman–Crippen MR) is 116 cm³/mol. The first kappa shape index (κ1) is 36.5. The molecule has 150 valence electrons. The quantitative estimate of drug-likeness (QED) is 0.367. The van der Waals surface area contributed by atoms with Crippen molar-refractivity contribution in [3.63, 3.8) is 0 Å². The minimum absolute atomic E-state index is 0. The van der Waals surface area contributed by atoms with Crippen molar-refractivity contribution in [3.8, 4) is 0 Å². The van der Waals surface area contributed by atoms with Gasteiger partial charge in [-0.15, -0.1) is 0 Å². The van der Waals surface area contributed by atoms with Crippen molar-refractivity contribution in [3.05, 3.63) is 0 Å². The minimum atomic E-state index is -0.639. The van der Waals surface area contributed by atoms with E-state index in [9.17, 15) is 0 Å². The summed E-state index contributed by atoms with van der Waals surface area (Å²) in [4.78, 5) is 18.2. The molecule has 0 aliphatic rings. The zero-order valence-corrected chi connectivity index (χ0v) is 21.5. The number of carbonyl (C=O) groups excluding carboxylic acids is 2. The summed E-state index contributed by atoms with van der Waals surface area (Å²) in [6, 6.07) is 0. The van der Waals surface area contributed by atoms with Crippen molar-refractivity contribution >= 4 is 35.7 Å². The van der Waals surface area contributed by atoms with Crippen molar-refractivity contribution in [2.75, 3.05) is 0 Å². The molecule has 0 spiro atoms. The van der Waals surface area contributed by atoms with Crippen LogP contribution < -0.4 is 41.0 Å². The van der Waals surface area contributed by atoms with Gasteiger partial charge in [0.1, 0.15) is 0 Å². The fraction of sp³-hybridized carbons (Fsp3) is 0.889. The second-order valence-electron chi connectivity index (χ2n) is 5.99. The van der Waals surface area contributed by atoms with Crippen molar-refractivity contribution < 1.29 is 40.6 Å². The van der Waals surface area contributed by atoms with E-state index >= 15 is 0 Å². The van der Waals surface area contributed by atoms with Gasteiger partial charge in [-0.05, 0) is 11.8 Å². The molecule has 4 nitrogen and oxygen atoms in total. The van der Waals surface area contributed by atoms with E-state index in [4.69, 9.17) is 9.59 Å². The molecule has 0 saturated heterocycles. The van der Waals surface area contributed by atoms with Crippen LogP contribution in [0.15, 0.2) is 0 Å². The van der Waals surface area contributed by atoms with Crippen LogP contribution in [0.5, 0.6) is 0 Å². The summed E-state index contributed by atoms with van der Waals surface area (Å²) in [6.45, 7) is 13.7. The third-order valence-corrected chi connectivity index (χ3v) is 3.49. The number of unbranched alkanes of at least 4 members (excludes halogenated alkanes) is 2. The monoisotopic (exact) mass is 406 g/mol. The zero-order valence-electron chi connectivity index (χ0n) is 18.7. The van der Waals surface area contributed by atoms with Crippen LogP contribution in [-0.2, 0) is 0 Å². The summed E-state index contributed by atoms with van der Waals surface area (Å²) in [6.07, 6.45) is 11.1. The van der Waals surface area contributed by atoms with Crippen LogP contribution in [0.4, 0.5) is 9.59 Å². The Morgan fingerprint density at radius 3 is 1.12 bits per heavy atom. The summed E-state index contributed by atoms with van der Waals surface area (Å²) in [5.41, 5.74) is 8.67. The van der Waals surface area contributed by atoms with Crippen molar-refractivity contribution in [1.82, 2.24) is 0 Å². The Morgan fingerprint density at radius 1 is 0.800 bits per heavy atom. The molecule has 0 bridgehead atoms. The van der Waals surface area contributed by atoms with E-state index in [1.807, 2.05) is 0 Å². The molecule has 0 rings (SSSR count). The van der Waals surface area contributed by atoms with E-state index < -0.39 is 10.5 Å². The maximum atomic E-state index is 9.09. The Morgan fingerprint density at radius 2 is 1.00 bits per heavy atom. The van der Waals surface area contributed by atoms with Gasteiger partial charge >= 0.3 is 29.6 Å². The van der Waals surface area contributed by atoms with Gasteiger partial charge in [0.05, 0.1) is 0 Å². The summed E-state index contributed by atoms with van der Waals surface area (Å²) < 4.78 is 0. The van der Waals surface area contributed by atoms with Crippen LogP contribution in [-0.4, -0.2) is 10.5 Å². The second-order valence-corrected chi connectivity index (χ2v) is 6.87. The van der Waals surface area contributed by atoms with Crippen LogP contribution in [0.3, 0.4) is 0 Å². The van der Waals surface area contributed by atoms with Crippen LogP contribution in [0.2, 0.25) is 0 Å². The number of rotatable bonds is 8. The van der Waals surface area contributed by atoms with Gasteiger partial charge in [0.15, 0.2) is 0 Å². The van der Waals surface area contributed by atoms with E-state index in [0.717, 1.165) is 11.8 Å². The molecular weight excluding hydrogens is 363 g/mol. The van der Waals surface area contributed by atoms with Gasteiger partial charge < -0.3 is 12.9 Å². The van der Waals surface area contributed by atoms with Gasteiger partial charge in [-0.2, -0.15) is 0 Å². The average molecular weight is 407 g/mol. The molecule has 0 aliphatic carbocycles. The number of hydrogen-bond donors (Lipinski definition) is 4. The maximum absolute atomic E-state index is 9.09. The Labute approximate surface area is 191 Å². The van der Waals surface area contributed by atoms with Gasteiger partial charge in [-0.3, -0.25) is 9.59 Å². The third kappa shape index (κ3) is 79.0. The molecule has 0 aliphatic heterocycles. The Hall–Kier alpha value is 0.640. The molecule has 7 heteroatoms. The molecule has 0 radical (unpaired) electrons. The number of thiol groups is 2. The molecule has 25 heavy (non-hydrogen) atoms. The van der Waals surface area contributed by atoms with E-state index in [-0.39, 0.29) is 31.0 Å². The van der Waals surface area contributed by atoms with E-state index in [2.05, 4.69) is 78.3 Å². The van der Waals surface area contributed by atoms with Crippen LogP contribution in [0.1, 0.15) is 94.3 Å². The number of primary amides is 2. The molecule has 0 aromatic heterocycles. The molecule has 4 N–H and O–H groups in total. The summed E-state index contributed by atoms with van der Waals surface area (Å²) in [5.74, 6) is 1.91. The third-order valence-electron chi connectivity index (χ3n) is 3.49. The summed E-state index contributed by atoms with van der Waals surface area (Å²) in [5, 5.41) is -1.28. The van der Waals surface area contributed by atoms with E-state index in [1.54, 1.807) is 0 Å². The maximum Gasteiger partial charge on any atom is 1.00 e. The van der Waals surface area contributed by atoms with Crippen LogP contribution in [0.25, 0.3) is 0 Å². The normalized spacial score (nSPS) is 10.9. The number of nitrogens with two attached hydrogens (primary N) is 2. The molecule has 0 heterocycles. The van der Waals surface area contributed by atoms with Gasteiger partial charge in [0.25, 0.3) is 10.5 Å². The Kier molecular flexibility index (Phi) is 47.2. The summed E-state index contributed by atoms with van der Waals surface area (Å²) in [7, 11) is 0. The predicted octanol–water partition coefficient (Wildman–Crippen LogP) is 3.55. The van der Waals surface area contributed by atoms with Crippen molar-refractivity contribution in [1.29, 1.82) is 0 Å². The molecule has 0 fully saturated rings. The van der Waals surface area contributed by atoms with Gasteiger partial charge in [-0.1, -0.05) is 118 Å². The molecule has 2 amide bonds. The number of hydrogen-bond acceptors (Lipinski definition) is 2.